The predicted octanol–water partition coefficient (Wildman–Crippen LogP) is 4.35. The van der Waals surface area contributed by atoms with Gasteiger partial charge in [-0.05, 0) is 55.4 Å². The van der Waals surface area contributed by atoms with Gasteiger partial charge in [0.2, 0.25) is 0 Å². The third kappa shape index (κ3) is 2.68. The van der Waals surface area contributed by atoms with Gasteiger partial charge in [-0.3, -0.25) is 4.79 Å². The lowest BCUT2D eigenvalue weighted by Crippen LogP contribution is -2.07. The zero-order chi connectivity index (χ0) is 18.3. The lowest BCUT2D eigenvalue weighted by atomic mass is 9.85. The van der Waals surface area contributed by atoms with E-state index in [4.69, 9.17) is 9.47 Å². The zero-order valence-electron chi connectivity index (χ0n) is 15.4. The minimum Gasteiger partial charge on any atom is -0.493 e. The molecule has 1 amide bonds. The van der Waals surface area contributed by atoms with Gasteiger partial charge in [-0.15, -0.1) is 0 Å². The monoisotopic (exact) mass is 352 g/mol. The van der Waals surface area contributed by atoms with E-state index in [-0.39, 0.29) is 5.91 Å². The summed E-state index contributed by atoms with van der Waals surface area (Å²) in [5, 5.41) is 2.92. The van der Waals surface area contributed by atoms with E-state index >= 15 is 0 Å². The maximum Gasteiger partial charge on any atom is 0.256 e. The minimum atomic E-state index is -0.102. The number of carbonyl (C=O) groups excluding carboxylic acids is 1. The van der Waals surface area contributed by atoms with Crippen molar-refractivity contribution in [2.45, 2.75) is 38.5 Å². The van der Waals surface area contributed by atoms with Crippen LogP contribution in [-0.2, 0) is 11.2 Å². The molecule has 0 saturated carbocycles. The van der Waals surface area contributed by atoms with Crippen LogP contribution in [0.25, 0.3) is 11.6 Å². The van der Waals surface area contributed by atoms with Crippen LogP contribution < -0.4 is 14.8 Å². The van der Waals surface area contributed by atoms with Crippen molar-refractivity contribution < 1.29 is 14.3 Å². The average Bonchev–Trinajstić information content (AvgIpc) is 3.20. The van der Waals surface area contributed by atoms with Gasteiger partial charge in [0.1, 0.15) is 0 Å². The lowest BCUT2D eigenvalue weighted by molar-refractivity contribution is -0.110. The van der Waals surface area contributed by atoms with Crippen LogP contribution in [0, 0.1) is 0 Å². The highest BCUT2D eigenvalue weighted by Gasteiger charge is 2.27. The van der Waals surface area contributed by atoms with Crippen molar-refractivity contribution in [1.82, 2.24) is 4.98 Å². The number of anilines is 1. The highest BCUT2D eigenvalue weighted by atomic mass is 16.5. The first-order chi connectivity index (χ1) is 12.6. The molecule has 2 aliphatic rings. The van der Waals surface area contributed by atoms with Crippen LogP contribution in [0.3, 0.4) is 0 Å². The van der Waals surface area contributed by atoms with E-state index in [0.717, 1.165) is 29.8 Å². The molecule has 0 fully saturated rings. The number of ether oxygens (including phenoxy) is 2. The second-order valence-corrected chi connectivity index (χ2v) is 6.92. The molecule has 0 bridgehead atoms. The Labute approximate surface area is 153 Å². The van der Waals surface area contributed by atoms with Crippen LogP contribution >= 0.6 is 0 Å². The van der Waals surface area contributed by atoms with Gasteiger partial charge in [0.15, 0.2) is 11.5 Å². The number of fused-ring (bicyclic) bond motifs is 2. The molecule has 26 heavy (non-hydrogen) atoms. The molecule has 1 unspecified atom stereocenters. The number of amides is 1. The molecule has 5 heteroatoms. The average molecular weight is 352 g/mol. The lowest BCUT2D eigenvalue weighted by Gasteiger charge is -2.20. The number of hydrogen-bond acceptors (Lipinski definition) is 3. The molecule has 1 atom stereocenters. The Balaban J connectivity index is 1.76. The SMILES string of the molecule is CCC1CCCc2[nH]c(C=C3C(=O)Nc4cc(OC)c(OC)cc43)cc21. The zero-order valence-corrected chi connectivity index (χ0v) is 15.4. The molecule has 5 nitrogen and oxygen atoms in total. The Morgan fingerprint density at radius 1 is 1.19 bits per heavy atom. The Kier molecular flexibility index (Phi) is 4.23. The minimum absolute atomic E-state index is 0.102. The third-order valence-corrected chi connectivity index (χ3v) is 5.47. The van der Waals surface area contributed by atoms with E-state index in [0.29, 0.717) is 23.0 Å². The number of H-pyrrole nitrogens is 1. The Morgan fingerprint density at radius 3 is 2.69 bits per heavy atom. The van der Waals surface area contributed by atoms with Gasteiger partial charge in [-0.1, -0.05) is 6.92 Å². The van der Waals surface area contributed by atoms with Gasteiger partial charge in [-0.25, -0.2) is 0 Å². The molecule has 1 aliphatic carbocycles. The number of aromatic nitrogens is 1. The summed E-state index contributed by atoms with van der Waals surface area (Å²) in [6.45, 7) is 2.24. The van der Waals surface area contributed by atoms with Crippen molar-refractivity contribution in [3.8, 4) is 11.5 Å². The summed E-state index contributed by atoms with van der Waals surface area (Å²) < 4.78 is 10.7. The van der Waals surface area contributed by atoms with Crippen LogP contribution in [0.4, 0.5) is 5.69 Å². The van der Waals surface area contributed by atoms with Crippen molar-refractivity contribution in [1.29, 1.82) is 0 Å². The number of aromatic amines is 1. The van der Waals surface area contributed by atoms with Gasteiger partial charge in [0.25, 0.3) is 5.91 Å². The number of nitrogens with one attached hydrogen (secondary N) is 2. The van der Waals surface area contributed by atoms with Crippen molar-refractivity contribution in [2.75, 3.05) is 19.5 Å². The number of aryl methyl sites for hydroxylation is 1. The first-order valence-electron chi connectivity index (χ1n) is 9.15. The highest BCUT2D eigenvalue weighted by molar-refractivity contribution is 6.35. The van der Waals surface area contributed by atoms with E-state index in [1.54, 1.807) is 20.3 Å². The molecular formula is C21H24N2O3. The molecule has 2 N–H and O–H groups in total. The second kappa shape index (κ2) is 6.56. The standard InChI is InChI=1S/C21H24N2O3/c1-4-12-6-5-7-17-14(12)8-13(22-17)9-16-15-10-19(25-2)20(26-3)11-18(15)23-21(16)24/h8-12,22H,4-7H2,1-3H3,(H,23,24). The molecule has 0 radical (unpaired) electrons. The number of benzene rings is 1. The summed E-state index contributed by atoms with van der Waals surface area (Å²) in [6, 6.07) is 5.87. The fraction of sp³-hybridized carbons (Fsp3) is 0.381. The maximum atomic E-state index is 12.5. The summed E-state index contributed by atoms with van der Waals surface area (Å²) >= 11 is 0. The van der Waals surface area contributed by atoms with Crippen molar-refractivity contribution >= 4 is 23.2 Å². The van der Waals surface area contributed by atoms with Crippen LogP contribution in [0.2, 0.25) is 0 Å². The summed E-state index contributed by atoms with van der Waals surface area (Å²) in [5.41, 5.74) is 5.96. The van der Waals surface area contributed by atoms with E-state index in [1.165, 1.54) is 24.1 Å². The Morgan fingerprint density at radius 2 is 1.96 bits per heavy atom. The van der Waals surface area contributed by atoms with Crippen LogP contribution in [0.1, 0.15) is 54.6 Å². The van der Waals surface area contributed by atoms with Crippen molar-refractivity contribution in [3.05, 3.63) is 40.7 Å². The van der Waals surface area contributed by atoms with E-state index in [9.17, 15) is 4.79 Å². The van der Waals surface area contributed by atoms with Crippen molar-refractivity contribution in [2.24, 2.45) is 0 Å². The predicted molar refractivity (Wildman–Crippen MR) is 103 cm³/mol. The third-order valence-electron chi connectivity index (χ3n) is 5.47. The first-order valence-corrected chi connectivity index (χ1v) is 9.15. The molecule has 2 heterocycles. The second-order valence-electron chi connectivity index (χ2n) is 6.92. The summed E-state index contributed by atoms with van der Waals surface area (Å²) in [7, 11) is 3.19. The van der Waals surface area contributed by atoms with Gasteiger partial charge >= 0.3 is 0 Å². The normalized spacial score (nSPS) is 19.9. The Hall–Kier alpha value is -2.69. The quantitative estimate of drug-likeness (QED) is 0.804. The van der Waals surface area contributed by atoms with Crippen LogP contribution in [0.5, 0.6) is 11.5 Å². The molecule has 1 aromatic heterocycles. The van der Waals surface area contributed by atoms with Crippen LogP contribution in [-0.4, -0.2) is 25.1 Å². The van der Waals surface area contributed by atoms with Gasteiger partial charge in [-0.2, -0.15) is 0 Å². The Bertz CT molecular complexity index is 895. The fourth-order valence-corrected chi connectivity index (χ4v) is 4.11. The molecule has 2 aromatic rings. The summed E-state index contributed by atoms with van der Waals surface area (Å²) in [6.07, 6.45) is 6.65. The highest BCUT2D eigenvalue weighted by Crippen LogP contribution is 2.41. The van der Waals surface area contributed by atoms with Gasteiger partial charge in [0, 0.05) is 23.0 Å². The summed E-state index contributed by atoms with van der Waals surface area (Å²) in [4.78, 5) is 16.0. The number of hydrogen-bond donors (Lipinski definition) is 2. The molecule has 1 aromatic carbocycles. The molecule has 1 aliphatic heterocycles. The molecule has 4 rings (SSSR count). The first kappa shape index (κ1) is 16.8. The molecule has 0 spiro atoms. The van der Waals surface area contributed by atoms with Crippen molar-refractivity contribution in [3.63, 3.8) is 0 Å². The fourth-order valence-electron chi connectivity index (χ4n) is 4.11. The molecular weight excluding hydrogens is 328 g/mol. The molecule has 0 saturated heterocycles. The largest absolute Gasteiger partial charge is 0.493 e. The van der Waals surface area contributed by atoms with Gasteiger partial charge < -0.3 is 19.8 Å². The van der Waals surface area contributed by atoms with E-state index in [1.807, 2.05) is 12.1 Å². The number of rotatable bonds is 4. The maximum absolute atomic E-state index is 12.5. The smallest absolute Gasteiger partial charge is 0.256 e. The number of methoxy groups -OCH3 is 2. The molecule has 136 valence electrons. The van der Waals surface area contributed by atoms with E-state index in [2.05, 4.69) is 23.3 Å². The topological polar surface area (TPSA) is 63.4 Å². The number of carbonyl (C=O) groups is 1. The van der Waals surface area contributed by atoms with E-state index < -0.39 is 0 Å². The van der Waals surface area contributed by atoms with Crippen LogP contribution in [0.15, 0.2) is 18.2 Å². The van der Waals surface area contributed by atoms with Gasteiger partial charge in [0.05, 0.1) is 25.5 Å². The summed E-state index contributed by atoms with van der Waals surface area (Å²) in [5.74, 6) is 1.74.